The fraction of sp³-hybridized carbons (Fsp3) is 0.279. The molecule has 0 saturated heterocycles. The number of hydrogen-bond donors (Lipinski definition) is 0. The van der Waals surface area contributed by atoms with Gasteiger partial charge in [0.15, 0.2) is 6.10 Å². The molecule has 57 heavy (non-hydrogen) atoms. The zero-order valence-corrected chi connectivity index (χ0v) is 30.7. The second-order valence-electron chi connectivity index (χ2n) is 13.0. The van der Waals surface area contributed by atoms with Crippen molar-refractivity contribution in [1.29, 1.82) is 10.5 Å². The second-order valence-corrected chi connectivity index (χ2v) is 13.0. The summed E-state index contributed by atoms with van der Waals surface area (Å²) in [6, 6.07) is 16.3. The summed E-state index contributed by atoms with van der Waals surface area (Å²) in [5.41, 5.74) is 1.57. The van der Waals surface area contributed by atoms with Gasteiger partial charge in [0.2, 0.25) is 0 Å². The monoisotopic (exact) mass is 776 g/mol. The minimum absolute atomic E-state index is 0.0425. The van der Waals surface area contributed by atoms with Crippen LogP contribution in [0.1, 0.15) is 47.5 Å². The van der Waals surface area contributed by atoms with Gasteiger partial charge in [-0.15, -0.1) is 0 Å². The van der Waals surface area contributed by atoms with Crippen molar-refractivity contribution in [3.63, 3.8) is 0 Å². The van der Waals surface area contributed by atoms with Crippen molar-refractivity contribution in [2.24, 2.45) is 10.9 Å². The number of ether oxygens (including phenoxy) is 4. The molecule has 0 N–H and O–H groups in total. The SMILES string of the molecule is C=CC(=O)OCCCOc1ccc(C2CC(F)(F)C(OC(=O)c3ccc(OCCCN4C(=O)C=CC4=O)cc3)CC2/C=C/N=C2C=CC(=C(C#N)C#N)C=C2)cc1. The Kier molecular flexibility index (Phi) is 14.2. The number of allylic oxidation sites excluding steroid dienone is 7. The fourth-order valence-electron chi connectivity index (χ4n) is 6.22. The summed E-state index contributed by atoms with van der Waals surface area (Å²) >= 11 is 0. The van der Waals surface area contributed by atoms with Crippen LogP contribution in [0, 0.1) is 28.6 Å². The number of alkyl halides is 2. The van der Waals surface area contributed by atoms with Gasteiger partial charge in [-0.3, -0.25) is 19.5 Å². The average Bonchev–Trinajstić information content (AvgIpc) is 3.54. The van der Waals surface area contributed by atoms with Crippen molar-refractivity contribution in [2.75, 3.05) is 26.4 Å². The van der Waals surface area contributed by atoms with E-state index in [4.69, 9.17) is 29.5 Å². The summed E-state index contributed by atoms with van der Waals surface area (Å²) in [5, 5.41) is 18.3. The molecule has 0 radical (unpaired) electrons. The van der Waals surface area contributed by atoms with E-state index in [1.165, 1.54) is 42.6 Å². The highest BCUT2D eigenvalue weighted by molar-refractivity contribution is 6.12. The second kappa shape index (κ2) is 19.6. The molecule has 1 aliphatic heterocycles. The van der Waals surface area contributed by atoms with Gasteiger partial charge in [0.05, 0.1) is 31.1 Å². The number of carbonyl (C=O) groups excluding carboxylic acids is 4. The van der Waals surface area contributed by atoms with Crippen molar-refractivity contribution in [3.05, 3.63) is 132 Å². The van der Waals surface area contributed by atoms with Gasteiger partial charge in [0.25, 0.3) is 17.7 Å². The number of nitrogens with zero attached hydrogens (tertiary/aromatic N) is 4. The first-order valence-electron chi connectivity index (χ1n) is 18.0. The largest absolute Gasteiger partial charge is 0.494 e. The Bertz CT molecular complexity index is 2070. The van der Waals surface area contributed by atoms with Gasteiger partial charge in [-0.25, -0.2) is 18.4 Å². The van der Waals surface area contributed by atoms with E-state index in [1.54, 1.807) is 54.6 Å². The van der Waals surface area contributed by atoms with Gasteiger partial charge in [0.1, 0.15) is 29.2 Å². The molecular formula is C43H38F2N4O8. The molecule has 3 unspecified atom stereocenters. The highest BCUT2D eigenvalue weighted by Crippen LogP contribution is 2.47. The standard InChI is InChI=1S/C43H38F2N4O8/c1-2-41(52)56-24-4-23-55-35-13-7-30(8-14-35)37-26-43(44,45)38(25-32(37)19-20-48-34-11-5-29(6-12-34)33(27-46)28-47)57-42(53)31-9-15-36(16-10-31)54-22-3-21-49-39(50)17-18-40(49)51/h2,5-20,32,37-38H,1,3-4,21-26H2/b20-19+. The Labute approximate surface area is 328 Å². The van der Waals surface area contributed by atoms with Crippen LogP contribution >= 0.6 is 0 Å². The van der Waals surface area contributed by atoms with E-state index in [1.807, 2.05) is 12.1 Å². The van der Waals surface area contributed by atoms with Gasteiger partial charge in [-0.1, -0.05) is 36.9 Å². The molecule has 1 heterocycles. The topological polar surface area (TPSA) is 168 Å². The number of esters is 2. The Morgan fingerprint density at radius 3 is 2.11 bits per heavy atom. The molecule has 2 aromatic carbocycles. The molecule has 292 valence electrons. The molecular weight excluding hydrogens is 738 g/mol. The van der Waals surface area contributed by atoms with Crippen LogP contribution in [0.2, 0.25) is 0 Å². The summed E-state index contributed by atoms with van der Waals surface area (Å²) in [5.74, 6) is -5.92. The van der Waals surface area contributed by atoms with Crippen molar-refractivity contribution in [2.45, 2.75) is 43.6 Å². The van der Waals surface area contributed by atoms with Gasteiger partial charge in [0, 0.05) is 49.4 Å². The first-order valence-corrected chi connectivity index (χ1v) is 18.0. The molecule has 1 saturated carbocycles. The molecule has 12 nitrogen and oxygen atoms in total. The lowest BCUT2D eigenvalue weighted by Gasteiger charge is -2.40. The molecule has 2 amide bonds. The summed E-state index contributed by atoms with van der Waals surface area (Å²) in [6.07, 6.45) is 11.3. The zero-order chi connectivity index (χ0) is 40.8. The van der Waals surface area contributed by atoms with Crippen molar-refractivity contribution >= 4 is 29.5 Å². The van der Waals surface area contributed by atoms with Crippen molar-refractivity contribution in [1.82, 2.24) is 4.90 Å². The van der Waals surface area contributed by atoms with Crippen LogP contribution in [0.15, 0.2) is 126 Å². The molecule has 2 aromatic rings. The maximum atomic E-state index is 15.9. The lowest BCUT2D eigenvalue weighted by Crippen LogP contribution is -2.45. The number of carbonyl (C=O) groups is 4. The fourth-order valence-corrected chi connectivity index (χ4v) is 6.22. The van der Waals surface area contributed by atoms with Crippen LogP contribution in [-0.2, 0) is 23.9 Å². The summed E-state index contributed by atoms with van der Waals surface area (Å²) in [4.78, 5) is 53.3. The maximum absolute atomic E-state index is 15.9. The predicted molar refractivity (Wildman–Crippen MR) is 203 cm³/mol. The van der Waals surface area contributed by atoms with E-state index in [0.29, 0.717) is 41.2 Å². The number of benzene rings is 2. The Morgan fingerprint density at radius 2 is 1.49 bits per heavy atom. The molecule has 2 aliphatic carbocycles. The highest BCUT2D eigenvalue weighted by Gasteiger charge is 2.51. The third kappa shape index (κ3) is 11.3. The molecule has 0 bridgehead atoms. The number of halogens is 2. The first kappa shape index (κ1) is 41.2. The summed E-state index contributed by atoms with van der Waals surface area (Å²) < 4.78 is 53.6. The van der Waals surface area contributed by atoms with E-state index in [0.717, 1.165) is 11.0 Å². The molecule has 3 atom stereocenters. The van der Waals surface area contributed by atoms with E-state index in [2.05, 4.69) is 11.6 Å². The zero-order valence-electron chi connectivity index (χ0n) is 30.7. The molecule has 1 fully saturated rings. The highest BCUT2D eigenvalue weighted by atomic mass is 19.3. The number of rotatable bonds is 16. The Balaban J connectivity index is 1.25. The Morgan fingerprint density at radius 1 is 0.877 bits per heavy atom. The number of hydrogen-bond acceptors (Lipinski definition) is 11. The lowest BCUT2D eigenvalue weighted by atomic mass is 9.72. The van der Waals surface area contributed by atoms with E-state index < -0.39 is 42.2 Å². The number of nitriles is 2. The molecule has 5 rings (SSSR count). The van der Waals surface area contributed by atoms with Crippen LogP contribution in [0.5, 0.6) is 11.5 Å². The minimum atomic E-state index is -3.39. The van der Waals surface area contributed by atoms with Gasteiger partial charge < -0.3 is 18.9 Å². The first-order chi connectivity index (χ1) is 27.5. The van der Waals surface area contributed by atoms with Crippen LogP contribution in [0.25, 0.3) is 0 Å². The molecule has 14 heteroatoms. The number of aliphatic imine (C=N–C) groups is 1. The van der Waals surface area contributed by atoms with Crippen LogP contribution in [-0.4, -0.2) is 72.8 Å². The minimum Gasteiger partial charge on any atom is -0.494 e. The normalized spacial score (nSPS) is 19.5. The van der Waals surface area contributed by atoms with E-state index in [9.17, 15) is 19.2 Å². The third-order valence-electron chi connectivity index (χ3n) is 9.21. The molecule has 3 aliphatic rings. The maximum Gasteiger partial charge on any atom is 0.338 e. The van der Waals surface area contributed by atoms with Gasteiger partial charge in [-0.2, -0.15) is 10.5 Å². The third-order valence-corrected chi connectivity index (χ3v) is 9.21. The number of amides is 2. The van der Waals surface area contributed by atoms with Crippen molar-refractivity contribution in [3.8, 4) is 23.6 Å². The van der Waals surface area contributed by atoms with Gasteiger partial charge >= 0.3 is 11.9 Å². The average molecular weight is 777 g/mol. The number of imide groups is 1. The lowest BCUT2D eigenvalue weighted by molar-refractivity contribution is -0.147. The summed E-state index contributed by atoms with van der Waals surface area (Å²) in [7, 11) is 0. The van der Waals surface area contributed by atoms with Crippen LogP contribution in [0.4, 0.5) is 8.78 Å². The van der Waals surface area contributed by atoms with E-state index in [-0.39, 0.29) is 55.7 Å². The van der Waals surface area contributed by atoms with E-state index >= 15 is 8.78 Å². The van der Waals surface area contributed by atoms with Crippen molar-refractivity contribution < 1.29 is 46.9 Å². The smallest absolute Gasteiger partial charge is 0.338 e. The molecule has 0 spiro atoms. The summed E-state index contributed by atoms with van der Waals surface area (Å²) in [6.45, 7) is 4.14. The molecule has 0 aromatic heterocycles. The predicted octanol–water partition coefficient (Wildman–Crippen LogP) is 6.66. The van der Waals surface area contributed by atoms with Crippen LogP contribution < -0.4 is 9.47 Å². The van der Waals surface area contributed by atoms with Gasteiger partial charge in [-0.05, 0) is 78.8 Å². The van der Waals surface area contributed by atoms with Crippen LogP contribution in [0.3, 0.4) is 0 Å². The Hall–Kier alpha value is -6.93. The quantitative estimate of drug-likeness (QED) is 0.0591.